The molecule has 7 aromatic carbocycles. The van der Waals surface area contributed by atoms with E-state index < -0.39 is 0 Å². The Kier molecular flexibility index (Phi) is 6.60. The van der Waals surface area contributed by atoms with Crippen molar-refractivity contribution < 1.29 is 0 Å². The van der Waals surface area contributed by atoms with Gasteiger partial charge in [0.1, 0.15) is 0 Å². The predicted octanol–water partition coefficient (Wildman–Crippen LogP) is 12.9. The molecule has 0 fully saturated rings. The third kappa shape index (κ3) is 4.57. The number of benzene rings is 7. The average Bonchev–Trinajstić information content (AvgIpc) is 3.56. The first-order valence-corrected chi connectivity index (χ1v) is 18.2. The SMILES string of the molecule is CC1(C)c2ccccc2-c2cc(-c3cc(-c4cccc(-c5cccc6c5-c5cc7ccccc7cc5C6(C)C)c4)nc(-c4ccccc4)n3)ccc21. The van der Waals surface area contributed by atoms with Gasteiger partial charge in [0.2, 0.25) is 0 Å². The zero-order valence-corrected chi connectivity index (χ0v) is 29.9. The lowest BCUT2D eigenvalue weighted by Crippen LogP contribution is -2.14. The number of hydrogen-bond acceptors (Lipinski definition) is 2. The van der Waals surface area contributed by atoms with Crippen molar-refractivity contribution in [3.63, 3.8) is 0 Å². The largest absolute Gasteiger partial charge is 0.228 e. The fourth-order valence-electron chi connectivity index (χ4n) is 8.90. The van der Waals surface area contributed by atoms with Crippen molar-refractivity contribution in [2.75, 3.05) is 0 Å². The van der Waals surface area contributed by atoms with Gasteiger partial charge in [-0.25, -0.2) is 9.97 Å². The fraction of sp³-hybridized carbons (Fsp3) is 0.120. The molecule has 2 aliphatic carbocycles. The van der Waals surface area contributed by atoms with Crippen LogP contribution in [0, 0.1) is 0 Å². The van der Waals surface area contributed by atoms with Crippen molar-refractivity contribution in [3.05, 3.63) is 180 Å². The van der Waals surface area contributed by atoms with E-state index in [4.69, 9.17) is 9.97 Å². The second kappa shape index (κ2) is 11.2. The fourth-order valence-corrected chi connectivity index (χ4v) is 8.90. The number of rotatable bonds is 4. The minimum Gasteiger partial charge on any atom is -0.228 e. The van der Waals surface area contributed by atoms with E-state index in [-0.39, 0.29) is 10.8 Å². The van der Waals surface area contributed by atoms with Crippen LogP contribution in [0.15, 0.2) is 158 Å². The highest BCUT2D eigenvalue weighted by atomic mass is 14.9. The van der Waals surface area contributed by atoms with Gasteiger partial charge in [0.15, 0.2) is 5.82 Å². The Morgan fingerprint density at radius 2 is 0.923 bits per heavy atom. The second-order valence-corrected chi connectivity index (χ2v) is 15.4. The maximum atomic E-state index is 5.22. The van der Waals surface area contributed by atoms with Gasteiger partial charge in [-0.1, -0.05) is 155 Å². The summed E-state index contributed by atoms with van der Waals surface area (Å²) in [6.07, 6.45) is 0. The smallest absolute Gasteiger partial charge is 0.160 e. The molecule has 0 saturated carbocycles. The van der Waals surface area contributed by atoms with E-state index in [0.717, 1.165) is 33.9 Å². The Morgan fingerprint density at radius 1 is 0.346 bits per heavy atom. The molecule has 1 aromatic heterocycles. The molecule has 0 unspecified atom stereocenters. The maximum Gasteiger partial charge on any atom is 0.160 e. The van der Waals surface area contributed by atoms with Gasteiger partial charge in [0.25, 0.3) is 0 Å². The Morgan fingerprint density at radius 3 is 1.73 bits per heavy atom. The molecule has 2 nitrogen and oxygen atoms in total. The molecule has 2 heteroatoms. The van der Waals surface area contributed by atoms with Gasteiger partial charge in [0.05, 0.1) is 11.4 Å². The average molecular weight is 667 g/mol. The van der Waals surface area contributed by atoms with Crippen LogP contribution in [0.5, 0.6) is 0 Å². The number of hydrogen-bond donors (Lipinski definition) is 0. The molecule has 2 aliphatic rings. The summed E-state index contributed by atoms with van der Waals surface area (Å²) in [4.78, 5) is 10.4. The lowest BCUT2D eigenvalue weighted by molar-refractivity contribution is 0.660. The van der Waals surface area contributed by atoms with Crippen LogP contribution in [0.4, 0.5) is 0 Å². The van der Waals surface area contributed by atoms with E-state index in [0.29, 0.717) is 0 Å². The minimum absolute atomic E-state index is 0.0443. The Balaban J connectivity index is 1.13. The normalized spacial score (nSPS) is 14.5. The van der Waals surface area contributed by atoms with Crippen LogP contribution in [0.25, 0.3) is 78.1 Å². The van der Waals surface area contributed by atoms with E-state index in [9.17, 15) is 0 Å². The molecule has 0 amide bonds. The van der Waals surface area contributed by atoms with Gasteiger partial charge in [-0.05, 0) is 96.7 Å². The summed E-state index contributed by atoms with van der Waals surface area (Å²) in [5.41, 5.74) is 18.0. The topological polar surface area (TPSA) is 25.8 Å². The van der Waals surface area contributed by atoms with Crippen LogP contribution < -0.4 is 0 Å². The predicted molar refractivity (Wildman–Crippen MR) is 216 cm³/mol. The Hall–Kier alpha value is -6.12. The van der Waals surface area contributed by atoms with Gasteiger partial charge >= 0.3 is 0 Å². The quantitative estimate of drug-likeness (QED) is 0.187. The number of nitrogens with zero attached hydrogens (tertiary/aromatic N) is 2. The van der Waals surface area contributed by atoms with Crippen molar-refractivity contribution >= 4 is 10.8 Å². The molecular formula is C50H38N2. The van der Waals surface area contributed by atoms with Crippen LogP contribution in [0.3, 0.4) is 0 Å². The molecule has 0 aliphatic heterocycles. The molecule has 0 bridgehead atoms. The zero-order valence-electron chi connectivity index (χ0n) is 29.9. The third-order valence-electron chi connectivity index (χ3n) is 11.7. The molecule has 10 rings (SSSR count). The standard InChI is InChI=1S/C50H38N2/c1-49(2)41-22-11-10-20-38(41)39-28-36(24-25-42(39)49)46-30-45(51-48(52-46)31-14-6-5-7-15-31)35-19-12-18-34(26-35)37-21-13-23-43-47(37)40-27-32-16-8-9-17-33(32)29-44(40)50(43,3)4/h5-30H,1-4H3. The van der Waals surface area contributed by atoms with E-state index >= 15 is 0 Å². The minimum atomic E-state index is -0.0972. The molecule has 8 aromatic rings. The van der Waals surface area contributed by atoms with Gasteiger partial charge in [-0.3, -0.25) is 0 Å². The van der Waals surface area contributed by atoms with Crippen molar-refractivity contribution in [3.8, 4) is 67.3 Å². The first-order valence-electron chi connectivity index (χ1n) is 18.2. The van der Waals surface area contributed by atoms with Gasteiger partial charge in [0, 0.05) is 27.5 Å². The van der Waals surface area contributed by atoms with E-state index in [1.165, 1.54) is 66.4 Å². The molecule has 0 spiro atoms. The lowest BCUT2D eigenvalue weighted by atomic mass is 9.81. The van der Waals surface area contributed by atoms with Crippen LogP contribution in [-0.4, -0.2) is 9.97 Å². The Bertz CT molecular complexity index is 2730. The molecule has 0 saturated heterocycles. The lowest BCUT2D eigenvalue weighted by Gasteiger charge is -2.22. The van der Waals surface area contributed by atoms with E-state index in [1.54, 1.807) is 0 Å². The molecule has 0 radical (unpaired) electrons. The summed E-state index contributed by atoms with van der Waals surface area (Å²) in [6.45, 7) is 9.37. The summed E-state index contributed by atoms with van der Waals surface area (Å²) < 4.78 is 0. The monoisotopic (exact) mass is 666 g/mol. The summed E-state index contributed by atoms with van der Waals surface area (Å²) in [6, 6.07) is 57.4. The van der Waals surface area contributed by atoms with Crippen molar-refractivity contribution in [2.24, 2.45) is 0 Å². The molecule has 52 heavy (non-hydrogen) atoms. The first-order chi connectivity index (χ1) is 25.3. The molecule has 248 valence electrons. The van der Waals surface area contributed by atoms with Crippen LogP contribution in [-0.2, 0) is 10.8 Å². The van der Waals surface area contributed by atoms with Crippen LogP contribution in [0.2, 0.25) is 0 Å². The number of aromatic nitrogens is 2. The highest BCUT2D eigenvalue weighted by Crippen LogP contribution is 2.53. The van der Waals surface area contributed by atoms with Gasteiger partial charge in [-0.15, -0.1) is 0 Å². The molecule has 1 heterocycles. The second-order valence-electron chi connectivity index (χ2n) is 15.4. The Labute approximate surface area is 305 Å². The van der Waals surface area contributed by atoms with Crippen molar-refractivity contribution in [1.82, 2.24) is 9.97 Å². The summed E-state index contributed by atoms with van der Waals surface area (Å²) in [5, 5.41) is 2.56. The highest BCUT2D eigenvalue weighted by molar-refractivity contribution is 5.99. The summed E-state index contributed by atoms with van der Waals surface area (Å²) in [7, 11) is 0. The third-order valence-corrected chi connectivity index (χ3v) is 11.7. The van der Waals surface area contributed by atoms with E-state index in [1.807, 2.05) is 6.07 Å². The van der Waals surface area contributed by atoms with Crippen molar-refractivity contribution in [1.29, 1.82) is 0 Å². The van der Waals surface area contributed by atoms with E-state index in [2.05, 4.69) is 179 Å². The maximum absolute atomic E-state index is 5.22. The summed E-state index contributed by atoms with van der Waals surface area (Å²) >= 11 is 0. The number of fused-ring (bicyclic) bond motifs is 7. The summed E-state index contributed by atoms with van der Waals surface area (Å²) in [5.74, 6) is 0.725. The van der Waals surface area contributed by atoms with Gasteiger partial charge < -0.3 is 0 Å². The first kappa shape index (κ1) is 30.7. The van der Waals surface area contributed by atoms with Crippen molar-refractivity contribution in [2.45, 2.75) is 38.5 Å². The van der Waals surface area contributed by atoms with Gasteiger partial charge in [-0.2, -0.15) is 0 Å². The van der Waals surface area contributed by atoms with Crippen LogP contribution in [0.1, 0.15) is 49.9 Å². The zero-order chi connectivity index (χ0) is 35.2. The van der Waals surface area contributed by atoms with Crippen LogP contribution >= 0.6 is 0 Å². The molecule has 0 N–H and O–H groups in total. The molecule has 0 atom stereocenters. The molecular weight excluding hydrogens is 629 g/mol. The highest BCUT2D eigenvalue weighted by Gasteiger charge is 2.37.